The zero-order chi connectivity index (χ0) is 11.0. The van der Waals surface area contributed by atoms with Crippen molar-refractivity contribution < 1.29 is 4.74 Å². The molecule has 0 aromatic rings. The molecule has 2 heterocycles. The van der Waals surface area contributed by atoms with Gasteiger partial charge in [-0.15, -0.1) is 0 Å². The van der Waals surface area contributed by atoms with Crippen LogP contribution in [0.4, 0.5) is 0 Å². The molecule has 1 N–H and O–H groups in total. The number of morpholine rings is 1. The Morgan fingerprint density at radius 1 is 1.44 bits per heavy atom. The van der Waals surface area contributed by atoms with Crippen molar-refractivity contribution in [1.82, 2.24) is 10.2 Å². The van der Waals surface area contributed by atoms with Crippen LogP contribution in [-0.2, 0) is 4.74 Å². The Morgan fingerprint density at radius 3 is 3.19 bits per heavy atom. The van der Waals surface area contributed by atoms with Crippen molar-refractivity contribution in [3.8, 4) is 0 Å². The number of ether oxygens (including phenoxy) is 1. The molecule has 92 valence electrons. The third kappa shape index (κ3) is 2.01. The van der Waals surface area contributed by atoms with Crippen LogP contribution in [0, 0.1) is 5.41 Å². The van der Waals surface area contributed by atoms with E-state index in [1.165, 1.54) is 45.3 Å². The average molecular weight is 224 g/mol. The second-order valence-corrected chi connectivity index (χ2v) is 6.12. The molecule has 0 aromatic heterocycles. The van der Waals surface area contributed by atoms with Gasteiger partial charge in [0, 0.05) is 25.7 Å². The van der Waals surface area contributed by atoms with E-state index >= 15 is 0 Å². The lowest BCUT2D eigenvalue weighted by atomic mass is 9.88. The minimum absolute atomic E-state index is 0.504. The van der Waals surface area contributed by atoms with E-state index in [1.807, 2.05) is 0 Å². The largest absolute Gasteiger partial charge is 0.375 e. The van der Waals surface area contributed by atoms with Gasteiger partial charge in [0.05, 0.1) is 12.7 Å². The zero-order valence-electron chi connectivity index (χ0n) is 10.4. The predicted molar refractivity (Wildman–Crippen MR) is 64.5 cm³/mol. The molecular weight excluding hydrogens is 200 g/mol. The first-order valence-electron chi connectivity index (χ1n) is 6.83. The Bertz CT molecular complexity index is 250. The summed E-state index contributed by atoms with van der Waals surface area (Å²) in [6, 6.07) is 0.728. The van der Waals surface area contributed by atoms with E-state index in [0.29, 0.717) is 11.5 Å². The lowest BCUT2D eigenvalue weighted by Gasteiger charge is -2.41. The topological polar surface area (TPSA) is 24.5 Å². The first kappa shape index (κ1) is 11.0. The maximum atomic E-state index is 5.87. The van der Waals surface area contributed by atoms with Crippen molar-refractivity contribution in [1.29, 1.82) is 0 Å². The quantitative estimate of drug-likeness (QED) is 0.764. The molecule has 1 saturated carbocycles. The molecule has 1 aliphatic carbocycles. The second-order valence-electron chi connectivity index (χ2n) is 6.12. The van der Waals surface area contributed by atoms with Crippen LogP contribution in [0.2, 0.25) is 0 Å². The summed E-state index contributed by atoms with van der Waals surface area (Å²) < 4.78 is 5.87. The van der Waals surface area contributed by atoms with Gasteiger partial charge in [-0.2, -0.15) is 0 Å². The Kier molecular flexibility index (Phi) is 2.94. The van der Waals surface area contributed by atoms with Crippen molar-refractivity contribution in [3.05, 3.63) is 0 Å². The lowest BCUT2D eigenvalue weighted by molar-refractivity contribution is -0.0658. The van der Waals surface area contributed by atoms with Crippen LogP contribution in [0.3, 0.4) is 0 Å². The molecule has 3 nitrogen and oxygen atoms in total. The summed E-state index contributed by atoms with van der Waals surface area (Å²) in [7, 11) is 0. The fourth-order valence-electron chi connectivity index (χ4n) is 3.70. The van der Waals surface area contributed by atoms with Gasteiger partial charge in [0.1, 0.15) is 0 Å². The number of nitrogens with zero attached hydrogens (tertiary/aromatic N) is 1. The molecule has 3 atom stereocenters. The fraction of sp³-hybridized carbons (Fsp3) is 1.00. The minimum Gasteiger partial charge on any atom is -0.375 e. The highest BCUT2D eigenvalue weighted by atomic mass is 16.5. The summed E-state index contributed by atoms with van der Waals surface area (Å²) in [5.41, 5.74) is 0.504. The van der Waals surface area contributed by atoms with E-state index in [2.05, 4.69) is 17.1 Å². The fourth-order valence-corrected chi connectivity index (χ4v) is 3.70. The first-order chi connectivity index (χ1) is 7.77. The van der Waals surface area contributed by atoms with Crippen molar-refractivity contribution in [2.24, 2.45) is 5.41 Å². The van der Waals surface area contributed by atoms with E-state index in [0.717, 1.165) is 19.2 Å². The average Bonchev–Trinajstić information content (AvgIpc) is 2.87. The van der Waals surface area contributed by atoms with Crippen LogP contribution in [0.15, 0.2) is 0 Å². The standard InChI is InChI=1S/C13H24N2O/c1-13(5-6-14-9-13)10-15-7-8-16-12-4-2-3-11(12)15/h11-12,14H,2-10H2,1H3/t11-,12+,13?/m1/s1. The summed E-state index contributed by atoms with van der Waals surface area (Å²) in [5, 5.41) is 3.50. The number of nitrogens with one attached hydrogen (secondary N) is 1. The van der Waals surface area contributed by atoms with Crippen LogP contribution in [0.1, 0.15) is 32.6 Å². The monoisotopic (exact) mass is 224 g/mol. The Morgan fingerprint density at radius 2 is 2.38 bits per heavy atom. The molecule has 0 bridgehead atoms. The van der Waals surface area contributed by atoms with Gasteiger partial charge >= 0.3 is 0 Å². The molecule has 0 radical (unpaired) electrons. The Hall–Kier alpha value is -0.120. The molecule has 2 saturated heterocycles. The van der Waals surface area contributed by atoms with Crippen LogP contribution in [0.25, 0.3) is 0 Å². The number of rotatable bonds is 2. The summed E-state index contributed by atoms with van der Waals surface area (Å²) in [6.45, 7) is 8.20. The van der Waals surface area contributed by atoms with Gasteiger partial charge < -0.3 is 10.1 Å². The van der Waals surface area contributed by atoms with Crippen LogP contribution >= 0.6 is 0 Å². The highest BCUT2D eigenvalue weighted by Crippen LogP contribution is 2.33. The Labute approximate surface area is 98.5 Å². The molecule has 0 amide bonds. The lowest BCUT2D eigenvalue weighted by Crippen LogP contribution is -2.52. The van der Waals surface area contributed by atoms with Gasteiger partial charge in [-0.05, 0) is 37.6 Å². The van der Waals surface area contributed by atoms with E-state index in [1.54, 1.807) is 0 Å². The van der Waals surface area contributed by atoms with E-state index in [9.17, 15) is 0 Å². The third-order valence-corrected chi connectivity index (χ3v) is 4.64. The smallest absolute Gasteiger partial charge is 0.0730 e. The molecule has 3 heteroatoms. The number of hydrogen-bond acceptors (Lipinski definition) is 3. The first-order valence-corrected chi connectivity index (χ1v) is 6.83. The second kappa shape index (κ2) is 4.28. The van der Waals surface area contributed by atoms with Gasteiger partial charge in [-0.1, -0.05) is 6.92 Å². The summed E-state index contributed by atoms with van der Waals surface area (Å²) in [4.78, 5) is 2.72. The van der Waals surface area contributed by atoms with Crippen molar-refractivity contribution in [3.63, 3.8) is 0 Å². The van der Waals surface area contributed by atoms with Gasteiger partial charge in [0.2, 0.25) is 0 Å². The van der Waals surface area contributed by atoms with Crippen LogP contribution in [0.5, 0.6) is 0 Å². The van der Waals surface area contributed by atoms with Crippen molar-refractivity contribution >= 4 is 0 Å². The molecule has 2 aliphatic heterocycles. The van der Waals surface area contributed by atoms with Crippen LogP contribution in [-0.4, -0.2) is 49.8 Å². The molecule has 3 fully saturated rings. The van der Waals surface area contributed by atoms with E-state index in [-0.39, 0.29) is 0 Å². The molecule has 1 unspecified atom stereocenters. The molecule has 0 aromatic carbocycles. The Balaban J connectivity index is 1.64. The molecule has 16 heavy (non-hydrogen) atoms. The minimum atomic E-state index is 0.504. The van der Waals surface area contributed by atoms with Gasteiger partial charge in [-0.25, -0.2) is 0 Å². The summed E-state index contributed by atoms with van der Waals surface area (Å²) in [5.74, 6) is 0. The predicted octanol–water partition coefficient (Wildman–Crippen LogP) is 1.24. The third-order valence-electron chi connectivity index (χ3n) is 4.64. The molecular formula is C13H24N2O. The highest BCUT2D eigenvalue weighted by molar-refractivity contribution is 4.94. The number of hydrogen-bond donors (Lipinski definition) is 1. The highest BCUT2D eigenvalue weighted by Gasteiger charge is 2.39. The number of fused-ring (bicyclic) bond motifs is 1. The van der Waals surface area contributed by atoms with Crippen molar-refractivity contribution in [2.75, 3.05) is 32.8 Å². The van der Waals surface area contributed by atoms with E-state index in [4.69, 9.17) is 4.74 Å². The summed E-state index contributed by atoms with van der Waals surface area (Å²) >= 11 is 0. The van der Waals surface area contributed by atoms with E-state index < -0.39 is 0 Å². The van der Waals surface area contributed by atoms with Crippen LogP contribution < -0.4 is 5.32 Å². The maximum absolute atomic E-state index is 5.87. The zero-order valence-corrected chi connectivity index (χ0v) is 10.4. The van der Waals surface area contributed by atoms with Crippen molar-refractivity contribution in [2.45, 2.75) is 44.8 Å². The van der Waals surface area contributed by atoms with Gasteiger partial charge in [0.15, 0.2) is 0 Å². The molecule has 3 rings (SSSR count). The molecule has 0 spiro atoms. The van der Waals surface area contributed by atoms with Gasteiger partial charge in [0.25, 0.3) is 0 Å². The molecule has 3 aliphatic rings. The van der Waals surface area contributed by atoms with Gasteiger partial charge in [-0.3, -0.25) is 4.90 Å². The SMILES string of the molecule is CC1(CN2CCO[C@H]3CCC[C@H]32)CCNC1. The normalized spacial score (nSPS) is 44.8. The maximum Gasteiger partial charge on any atom is 0.0730 e. The summed E-state index contributed by atoms with van der Waals surface area (Å²) in [6.07, 6.45) is 5.89.